The fourth-order valence-corrected chi connectivity index (χ4v) is 2.15. The van der Waals surface area contributed by atoms with Crippen LogP contribution < -0.4 is 10.5 Å². The first kappa shape index (κ1) is 11.4. The summed E-state index contributed by atoms with van der Waals surface area (Å²) in [5.74, 6) is 0.763. The summed E-state index contributed by atoms with van der Waals surface area (Å²) in [7, 11) is 1.51. The lowest BCUT2D eigenvalue weighted by atomic mass is 10.2. The second-order valence-corrected chi connectivity index (χ2v) is 4.12. The molecular weight excluding hydrogens is 242 g/mol. The van der Waals surface area contributed by atoms with Crippen LogP contribution in [0.1, 0.15) is 0 Å². The Morgan fingerprint density at radius 1 is 1.16 bits per heavy atom. The summed E-state index contributed by atoms with van der Waals surface area (Å²) in [5.41, 5.74) is 8.11. The van der Waals surface area contributed by atoms with Gasteiger partial charge in [-0.3, -0.25) is 4.57 Å². The number of hydrogen-bond donors (Lipinski definition) is 2. The topological polar surface area (TPSA) is 73.3 Å². The number of fused-ring (bicyclic) bond motifs is 1. The first-order valence-electron chi connectivity index (χ1n) is 5.81. The Balaban J connectivity index is 2.33. The predicted molar refractivity (Wildman–Crippen MR) is 73.7 cm³/mol. The van der Waals surface area contributed by atoms with Crippen molar-refractivity contribution in [1.82, 2.24) is 9.55 Å². The second kappa shape index (κ2) is 4.20. The molecule has 0 aliphatic heterocycles. The zero-order chi connectivity index (χ0) is 13.4. The minimum atomic E-state index is 0.0415. The maximum atomic E-state index is 10.2. The van der Waals surface area contributed by atoms with Crippen LogP contribution in [0.3, 0.4) is 0 Å². The number of para-hydroxylation sites is 3. The molecule has 0 atom stereocenters. The van der Waals surface area contributed by atoms with Crippen LogP contribution in [0, 0.1) is 0 Å². The van der Waals surface area contributed by atoms with E-state index in [1.54, 1.807) is 22.8 Å². The van der Waals surface area contributed by atoms with Crippen molar-refractivity contribution in [2.75, 3.05) is 12.8 Å². The molecule has 5 nitrogen and oxygen atoms in total. The van der Waals surface area contributed by atoms with Crippen molar-refractivity contribution in [3.63, 3.8) is 0 Å². The molecule has 96 valence electrons. The quantitative estimate of drug-likeness (QED) is 0.737. The summed E-state index contributed by atoms with van der Waals surface area (Å²) in [5, 5.41) is 10.2. The summed E-state index contributed by atoms with van der Waals surface area (Å²) in [6.45, 7) is 0. The van der Waals surface area contributed by atoms with Crippen LogP contribution in [0.25, 0.3) is 16.7 Å². The zero-order valence-electron chi connectivity index (χ0n) is 10.4. The SMILES string of the molecule is COc1cccc(-n2c(N)nc3ccccc32)c1O. The zero-order valence-corrected chi connectivity index (χ0v) is 10.4. The van der Waals surface area contributed by atoms with Crippen LogP contribution in [0.2, 0.25) is 0 Å². The summed E-state index contributed by atoms with van der Waals surface area (Å²) >= 11 is 0. The molecule has 2 aromatic carbocycles. The van der Waals surface area contributed by atoms with E-state index >= 15 is 0 Å². The largest absolute Gasteiger partial charge is 0.503 e. The minimum Gasteiger partial charge on any atom is -0.503 e. The highest BCUT2D eigenvalue weighted by Crippen LogP contribution is 2.35. The number of nitrogen functional groups attached to an aromatic ring is 1. The highest BCUT2D eigenvalue weighted by Gasteiger charge is 2.15. The molecule has 0 radical (unpaired) electrons. The number of phenols is 1. The number of anilines is 1. The molecule has 0 saturated heterocycles. The number of aromatic nitrogens is 2. The molecule has 1 heterocycles. The van der Waals surface area contributed by atoms with Gasteiger partial charge in [-0.2, -0.15) is 0 Å². The van der Waals surface area contributed by atoms with E-state index in [2.05, 4.69) is 4.98 Å². The Labute approximate surface area is 109 Å². The second-order valence-electron chi connectivity index (χ2n) is 4.12. The molecule has 0 saturated carbocycles. The standard InChI is InChI=1S/C14H13N3O2/c1-19-12-8-4-7-11(13(12)18)17-10-6-3-2-5-9(10)16-14(17)15/h2-8,18H,1H3,(H2,15,16). The molecule has 3 rings (SSSR count). The maximum Gasteiger partial charge on any atom is 0.206 e. The molecule has 0 amide bonds. The van der Waals surface area contributed by atoms with Gasteiger partial charge in [-0.05, 0) is 24.3 Å². The van der Waals surface area contributed by atoms with Crippen molar-refractivity contribution in [3.05, 3.63) is 42.5 Å². The van der Waals surface area contributed by atoms with Crippen molar-refractivity contribution < 1.29 is 9.84 Å². The molecule has 3 aromatic rings. The van der Waals surface area contributed by atoms with Crippen LogP contribution in [0.15, 0.2) is 42.5 Å². The molecule has 3 N–H and O–H groups in total. The summed E-state index contributed by atoms with van der Waals surface area (Å²) in [4.78, 5) is 4.27. The number of imidazole rings is 1. The van der Waals surface area contributed by atoms with E-state index in [1.165, 1.54) is 7.11 Å². The van der Waals surface area contributed by atoms with Crippen LogP contribution in [0.5, 0.6) is 11.5 Å². The third-order valence-corrected chi connectivity index (χ3v) is 3.03. The molecule has 1 aromatic heterocycles. The van der Waals surface area contributed by atoms with E-state index in [0.717, 1.165) is 11.0 Å². The summed E-state index contributed by atoms with van der Waals surface area (Å²) < 4.78 is 6.81. The Morgan fingerprint density at radius 2 is 1.95 bits per heavy atom. The molecule has 0 unspecified atom stereocenters. The average molecular weight is 255 g/mol. The van der Waals surface area contributed by atoms with Crippen LogP contribution in [-0.2, 0) is 0 Å². The van der Waals surface area contributed by atoms with Gasteiger partial charge in [0.1, 0.15) is 0 Å². The highest BCUT2D eigenvalue weighted by molar-refractivity contribution is 5.81. The third-order valence-electron chi connectivity index (χ3n) is 3.03. The summed E-state index contributed by atoms with van der Waals surface area (Å²) in [6.07, 6.45) is 0. The fourth-order valence-electron chi connectivity index (χ4n) is 2.15. The molecular formula is C14H13N3O2. The lowest BCUT2D eigenvalue weighted by Crippen LogP contribution is -2.01. The van der Waals surface area contributed by atoms with Crippen molar-refractivity contribution in [3.8, 4) is 17.2 Å². The van der Waals surface area contributed by atoms with E-state index in [4.69, 9.17) is 10.5 Å². The van der Waals surface area contributed by atoms with Gasteiger partial charge in [-0.15, -0.1) is 0 Å². The number of ether oxygens (including phenoxy) is 1. The lowest BCUT2D eigenvalue weighted by molar-refractivity contribution is 0.373. The summed E-state index contributed by atoms with van der Waals surface area (Å²) in [6, 6.07) is 12.8. The predicted octanol–water partition coefficient (Wildman–Crippen LogP) is 2.32. The van der Waals surface area contributed by atoms with E-state index in [9.17, 15) is 5.11 Å². The number of phenolic OH excluding ortho intramolecular Hbond substituents is 1. The first-order chi connectivity index (χ1) is 9.22. The first-order valence-corrected chi connectivity index (χ1v) is 5.81. The number of aromatic hydroxyl groups is 1. The van der Waals surface area contributed by atoms with Gasteiger partial charge in [0.25, 0.3) is 0 Å². The number of rotatable bonds is 2. The van der Waals surface area contributed by atoms with Gasteiger partial charge in [-0.25, -0.2) is 4.98 Å². The molecule has 0 aliphatic rings. The monoisotopic (exact) mass is 255 g/mol. The van der Waals surface area contributed by atoms with E-state index in [0.29, 0.717) is 17.4 Å². The smallest absolute Gasteiger partial charge is 0.206 e. The lowest BCUT2D eigenvalue weighted by Gasteiger charge is -2.11. The highest BCUT2D eigenvalue weighted by atomic mass is 16.5. The number of hydrogen-bond acceptors (Lipinski definition) is 4. The molecule has 0 aliphatic carbocycles. The van der Waals surface area contributed by atoms with Crippen molar-refractivity contribution >= 4 is 17.0 Å². The Bertz CT molecular complexity index is 750. The molecule has 19 heavy (non-hydrogen) atoms. The fraction of sp³-hybridized carbons (Fsp3) is 0.0714. The maximum absolute atomic E-state index is 10.2. The van der Waals surface area contributed by atoms with Gasteiger partial charge in [0.15, 0.2) is 11.5 Å². The Morgan fingerprint density at radius 3 is 2.74 bits per heavy atom. The van der Waals surface area contributed by atoms with Gasteiger partial charge in [0, 0.05) is 0 Å². The van der Waals surface area contributed by atoms with Crippen molar-refractivity contribution in [2.45, 2.75) is 0 Å². The number of methoxy groups -OCH3 is 1. The van der Waals surface area contributed by atoms with Gasteiger partial charge >= 0.3 is 0 Å². The van der Waals surface area contributed by atoms with Crippen molar-refractivity contribution in [1.29, 1.82) is 0 Å². The van der Waals surface area contributed by atoms with Crippen LogP contribution >= 0.6 is 0 Å². The average Bonchev–Trinajstić information content (AvgIpc) is 2.75. The minimum absolute atomic E-state index is 0.0415. The van der Waals surface area contributed by atoms with Crippen LogP contribution in [0.4, 0.5) is 5.95 Å². The number of nitrogens with two attached hydrogens (primary N) is 1. The number of nitrogens with zero attached hydrogens (tertiary/aromatic N) is 2. The van der Waals surface area contributed by atoms with Crippen molar-refractivity contribution in [2.24, 2.45) is 0 Å². The molecule has 0 bridgehead atoms. The molecule has 0 spiro atoms. The van der Waals surface area contributed by atoms with E-state index in [1.807, 2.05) is 24.3 Å². The van der Waals surface area contributed by atoms with Crippen LogP contribution in [-0.4, -0.2) is 21.8 Å². The van der Waals surface area contributed by atoms with E-state index < -0.39 is 0 Å². The van der Waals surface area contributed by atoms with Gasteiger partial charge in [0.2, 0.25) is 5.95 Å². The number of benzene rings is 2. The third kappa shape index (κ3) is 1.67. The Kier molecular flexibility index (Phi) is 2.52. The molecule has 0 fully saturated rings. The van der Waals surface area contributed by atoms with Gasteiger partial charge in [0.05, 0.1) is 23.8 Å². The van der Waals surface area contributed by atoms with Gasteiger partial charge in [-0.1, -0.05) is 18.2 Å². The molecule has 5 heteroatoms. The normalized spacial score (nSPS) is 10.8. The van der Waals surface area contributed by atoms with Gasteiger partial charge < -0.3 is 15.6 Å². The van der Waals surface area contributed by atoms with E-state index in [-0.39, 0.29) is 5.75 Å². The Hall–Kier alpha value is -2.69.